The molecule has 0 saturated carbocycles. The number of hydrogen-bond acceptors (Lipinski definition) is 4. The number of nitrogens with zero attached hydrogens (tertiary/aromatic N) is 2. The van der Waals surface area contributed by atoms with Crippen molar-refractivity contribution in [3.63, 3.8) is 0 Å². The van der Waals surface area contributed by atoms with Crippen LogP contribution >= 0.6 is 0 Å². The molecule has 2 aliphatic heterocycles. The van der Waals surface area contributed by atoms with Gasteiger partial charge in [0.05, 0.1) is 0 Å². The summed E-state index contributed by atoms with van der Waals surface area (Å²) >= 11 is 0. The SMILES string of the molecule is O=C1CN(C(=O)N2CCC[C@@H]2C(=O)O)CC(=O)N1. The zero-order chi connectivity index (χ0) is 13.3. The number of aliphatic carboxylic acids is 1. The van der Waals surface area contributed by atoms with Crippen LogP contribution in [-0.2, 0) is 14.4 Å². The van der Waals surface area contributed by atoms with Gasteiger partial charge in [-0.3, -0.25) is 14.9 Å². The number of carboxylic acid groups (broad SMARTS) is 1. The number of carbonyl (C=O) groups is 4. The van der Waals surface area contributed by atoms with E-state index >= 15 is 0 Å². The Kier molecular flexibility index (Phi) is 3.17. The van der Waals surface area contributed by atoms with Gasteiger partial charge in [0, 0.05) is 6.54 Å². The van der Waals surface area contributed by atoms with Crippen LogP contribution < -0.4 is 5.32 Å². The maximum Gasteiger partial charge on any atom is 0.326 e. The number of piperazine rings is 1. The molecule has 2 heterocycles. The molecule has 4 amide bonds. The predicted octanol–water partition coefficient (Wildman–Crippen LogP) is -1.39. The second kappa shape index (κ2) is 4.63. The molecule has 2 rings (SSSR count). The molecule has 8 heteroatoms. The van der Waals surface area contributed by atoms with Gasteiger partial charge in [0.1, 0.15) is 19.1 Å². The van der Waals surface area contributed by atoms with Crippen LogP contribution in [0, 0.1) is 0 Å². The summed E-state index contributed by atoms with van der Waals surface area (Å²) in [4.78, 5) is 47.6. The van der Waals surface area contributed by atoms with Gasteiger partial charge in [-0.1, -0.05) is 0 Å². The first-order chi connectivity index (χ1) is 8.49. The van der Waals surface area contributed by atoms with Gasteiger partial charge in [0.25, 0.3) is 0 Å². The highest BCUT2D eigenvalue weighted by Crippen LogP contribution is 2.19. The van der Waals surface area contributed by atoms with Crippen LogP contribution in [0.1, 0.15) is 12.8 Å². The van der Waals surface area contributed by atoms with Gasteiger partial charge < -0.3 is 14.9 Å². The molecule has 0 spiro atoms. The molecule has 2 aliphatic rings. The fraction of sp³-hybridized carbons (Fsp3) is 0.600. The van der Waals surface area contributed by atoms with Crippen molar-refractivity contribution in [2.45, 2.75) is 18.9 Å². The monoisotopic (exact) mass is 255 g/mol. The molecule has 1 atom stereocenters. The molecule has 98 valence electrons. The van der Waals surface area contributed by atoms with Gasteiger partial charge in [-0.15, -0.1) is 0 Å². The molecule has 2 N–H and O–H groups in total. The molecule has 8 nitrogen and oxygen atoms in total. The van der Waals surface area contributed by atoms with E-state index in [1.807, 2.05) is 0 Å². The van der Waals surface area contributed by atoms with E-state index in [9.17, 15) is 19.2 Å². The molecular formula is C10H13N3O5. The highest BCUT2D eigenvalue weighted by Gasteiger charge is 2.38. The molecule has 0 aliphatic carbocycles. The average molecular weight is 255 g/mol. The number of likely N-dealkylation sites (tertiary alicyclic amines) is 1. The van der Waals surface area contributed by atoms with E-state index in [1.165, 1.54) is 4.90 Å². The normalized spacial score (nSPS) is 24.1. The lowest BCUT2D eigenvalue weighted by Gasteiger charge is -2.31. The minimum absolute atomic E-state index is 0.215. The first-order valence-electron chi connectivity index (χ1n) is 5.60. The molecule has 0 unspecified atom stereocenters. The van der Waals surface area contributed by atoms with Crippen LogP contribution in [-0.4, -0.2) is 64.4 Å². The standard InChI is InChI=1S/C10H13N3O5/c14-7-4-12(5-8(15)11-7)10(18)13-3-1-2-6(13)9(16)17/h6H,1-5H2,(H,16,17)(H,11,14,15)/t6-/m1/s1. The average Bonchev–Trinajstić information content (AvgIpc) is 2.75. The fourth-order valence-electron chi connectivity index (χ4n) is 2.21. The summed E-state index contributed by atoms with van der Waals surface area (Å²) in [7, 11) is 0. The van der Waals surface area contributed by atoms with Crippen LogP contribution in [0.2, 0.25) is 0 Å². The van der Waals surface area contributed by atoms with Crippen LogP contribution in [0.3, 0.4) is 0 Å². The van der Waals surface area contributed by atoms with Crippen LogP contribution in [0.25, 0.3) is 0 Å². The molecule has 2 fully saturated rings. The quantitative estimate of drug-likeness (QED) is 0.561. The summed E-state index contributed by atoms with van der Waals surface area (Å²) in [6.07, 6.45) is 1.01. The third-order valence-corrected chi connectivity index (χ3v) is 3.00. The topological polar surface area (TPSA) is 107 Å². The Labute approximate surface area is 103 Å². The summed E-state index contributed by atoms with van der Waals surface area (Å²) in [6, 6.07) is -1.43. The number of nitrogens with one attached hydrogen (secondary N) is 1. The number of carboxylic acids is 1. The Bertz CT molecular complexity index is 406. The Morgan fingerprint density at radius 1 is 1.22 bits per heavy atom. The van der Waals surface area contributed by atoms with E-state index in [-0.39, 0.29) is 13.1 Å². The number of urea groups is 1. The van der Waals surface area contributed by atoms with E-state index in [0.29, 0.717) is 19.4 Å². The maximum atomic E-state index is 12.1. The van der Waals surface area contributed by atoms with E-state index < -0.39 is 29.9 Å². The lowest BCUT2D eigenvalue weighted by atomic mass is 10.2. The highest BCUT2D eigenvalue weighted by molar-refractivity contribution is 6.02. The summed E-state index contributed by atoms with van der Waals surface area (Å²) < 4.78 is 0. The first-order valence-corrected chi connectivity index (χ1v) is 5.60. The van der Waals surface area contributed by atoms with Crippen molar-refractivity contribution >= 4 is 23.8 Å². The lowest BCUT2D eigenvalue weighted by Crippen LogP contribution is -2.57. The van der Waals surface area contributed by atoms with Crippen molar-refractivity contribution in [2.24, 2.45) is 0 Å². The van der Waals surface area contributed by atoms with Crippen molar-refractivity contribution in [2.75, 3.05) is 19.6 Å². The third-order valence-electron chi connectivity index (χ3n) is 3.00. The van der Waals surface area contributed by atoms with E-state index in [1.54, 1.807) is 0 Å². The summed E-state index contributed by atoms with van der Waals surface area (Å²) in [5.41, 5.74) is 0. The van der Waals surface area contributed by atoms with Crippen molar-refractivity contribution in [1.29, 1.82) is 0 Å². The molecular weight excluding hydrogens is 242 g/mol. The molecule has 0 radical (unpaired) electrons. The largest absolute Gasteiger partial charge is 0.480 e. The van der Waals surface area contributed by atoms with E-state index in [0.717, 1.165) is 4.90 Å². The molecule has 0 bridgehead atoms. The van der Waals surface area contributed by atoms with Crippen LogP contribution in [0.5, 0.6) is 0 Å². The second-order valence-electron chi connectivity index (χ2n) is 4.30. The van der Waals surface area contributed by atoms with Gasteiger partial charge in [0.15, 0.2) is 0 Å². The van der Waals surface area contributed by atoms with Crippen molar-refractivity contribution in [3.8, 4) is 0 Å². The summed E-state index contributed by atoms with van der Waals surface area (Å²) in [5, 5.41) is 11.1. The molecule has 0 aromatic heterocycles. The lowest BCUT2D eigenvalue weighted by molar-refractivity contribution is -0.141. The number of hydrogen-bond donors (Lipinski definition) is 2. The van der Waals surface area contributed by atoms with Gasteiger partial charge in [-0.05, 0) is 12.8 Å². The Morgan fingerprint density at radius 3 is 2.39 bits per heavy atom. The first kappa shape index (κ1) is 12.3. The summed E-state index contributed by atoms with van der Waals surface area (Å²) in [5.74, 6) is -2.16. The Hall–Kier alpha value is -2.12. The Balaban J connectivity index is 2.08. The van der Waals surface area contributed by atoms with Crippen LogP contribution in [0.4, 0.5) is 4.79 Å². The second-order valence-corrected chi connectivity index (χ2v) is 4.30. The minimum Gasteiger partial charge on any atom is -0.480 e. The third kappa shape index (κ3) is 2.27. The van der Waals surface area contributed by atoms with Gasteiger partial charge in [-0.25, -0.2) is 9.59 Å². The smallest absolute Gasteiger partial charge is 0.326 e. The predicted molar refractivity (Wildman–Crippen MR) is 57.5 cm³/mol. The van der Waals surface area contributed by atoms with Gasteiger partial charge in [-0.2, -0.15) is 0 Å². The number of carbonyl (C=O) groups excluding carboxylic acids is 3. The van der Waals surface area contributed by atoms with Crippen molar-refractivity contribution < 1.29 is 24.3 Å². The van der Waals surface area contributed by atoms with Crippen LogP contribution in [0.15, 0.2) is 0 Å². The Morgan fingerprint density at radius 2 is 1.83 bits per heavy atom. The number of amides is 4. The maximum absolute atomic E-state index is 12.1. The molecule has 0 aromatic carbocycles. The number of imide groups is 1. The van der Waals surface area contributed by atoms with E-state index in [4.69, 9.17) is 5.11 Å². The fourth-order valence-corrected chi connectivity index (χ4v) is 2.21. The minimum atomic E-state index is -1.06. The summed E-state index contributed by atoms with van der Waals surface area (Å²) in [6.45, 7) is -0.0943. The van der Waals surface area contributed by atoms with Gasteiger partial charge >= 0.3 is 12.0 Å². The zero-order valence-corrected chi connectivity index (χ0v) is 9.59. The van der Waals surface area contributed by atoms with Gasteiger partial charge in [0.2, 0.25) is 11.8 Å². The van der Waals surface area contributed by atoms with E-state index in [2.05, 4.69) is 5.32 Å². The van der Waals surface area contributed by atoms with Crippen molar-refractivity contribution in [1.82, 2.24) is 15.1 Å². The molecule has 18 heavy (non-hydrogen) atoms. The molecule has 0 aromatic rings. The number of rotatable bonds is 1. The molecule has 2 saturated heterocycles. The van der Waals surface area contributed by atoms with Crippen molar-refractivity contribution in [3.05, 3.63) is 0 Å². The highest BCUT2D eigenvalue weighted by atomic mass is 16.4. The zero-order valence-electron chi connectivity index (χ0n) is 9.59.